The molecule has 2 unspecified atom stereocenters. The first kappa shape index (κ1) is 30.5. The summed E-state index contributed by atoms with van der Waals surface area (Å²) in [6, 6.07) is 54.7. The molecule has 2 atom stereocenters. The van der Waals surface area contributed by atoms with Crippen molar-refractivity contribution in [1.82, 2.24) is 15.0 Å². The SMILES string of the molecule is C1=CC2Oc3cc(-c4ccc5c(c4)oc4ccccc45)ccc3C2C(c2nc(-c3ccc(-c4ccccc4)cc3)nc(-c3ccc4ccccc4c3)n2)=C1. The molecule has 0 saturated heterocycles. The van der Waals surface area contributed by atoms with Crippen LogP contribution in [0.1, 0.15) is 17.3 Å². The minimum absolute atomic E-state index is 0.0722. The molecule has 5 nitrogen and oxygen atoms in total. The monoisotopic (exact) mass is 693 g/mol. The molecule has 0 bridgehead atoms. The van der Waals surface area contributed by atoms with Crippen LogP contribution in [0.5, 0.6) is 5.75 Å². The van der Waals surface area contributed by atoms with Crippen molar-refractivity contribution in [3.8, 4) is 50.8 Å². The van der Waals surface area contributed by atoms with E-state index in [2.05, 4.69) is 152 Å². The van der Waals surface area contributed by atoms with Crippen LogP contribution >= 0.6 is 0 Å². The Balaban J connectivity index is 0.994. The van der Waals surface area contributed by atoms with E-state index >= 15 is 0 Å². The molecule has 0 amide bonds. The van der Waals surface area contributed by atoms with Gasteiger partial charge >= 0.3 is 0 Å². The van der Waals surface area contributed by atoms with Crippen LogP contribution in [0.2, 0.25) is 0 Å². The van der Waals surface area contributed by atoms with Gasteiger partial charge in [0.05, 0.1) is 5.92 Å². The van der Waals surface area contributed by atoms with Crippen LogP contribution in [0.3, 0.4) is 0 Å². The van der Waals surface area contributed by atoms with E-state index in [1.54, 1.807) is 0 Å². The number of nitrogens with zero attached hydrogens (tertiary/aromatic N) is 3. The first-order valence-corrected chi connectivity index (χ1v) is 18.2. The Morgan fingerprint density at radius 3 is 1.98 bits per heavy atom. The Morgan fingerprint density at radius 2 is 1.09 bits per heavy atom. The summed E-state index contributed by atoms with van der Waals surface area (Å²) in [6.07, 6.45) is 6.14. The number of hydrogen-bond donors (Lipinski definition) is 0. The molecule has 9 aromatic rings. The fourth-order valence-corrected chi connectivity index (χ4v) is 7.98. The highest BCUT2D eigenvalue weighted by Gasteiger charge is 2.39. The molecule has 0 radical (unpaired) electrons. The van der Waals surface area contributed by atoms with Crippen LogP contribution in [-0.4, -0.2) is 21.1 Å². The zero-order valence-corrected chi connectivity index (χ0v) is 29.1. The Kier molecular flexibility index (Phi) is 6.92. The van der Waals surface area contributed by atoms with E-state index in [-0.39, 0.29) is 12.0 Å². The van der Waals surface area contributed by atoms with Crippen molar-refractivity contribution in [2.24, 2.45) is 0 Å². The number of rotatable bonds is 5. The lowest BCUT2D eigenvalue weighted by Crippen LogP contribution is -2.20. The Hall–Kier alpha value is -7.11. The number of allylic oxidation sites excluding steroid dienone is 2. The fourth-order valence-electron chi connectivity index (χ4n) is 7.98. The minimum Gasteiger partial charge on any atom is -0.485 e. The van der Waals surface area contributed by atoms with Crippen molar-refractivity contribution >= 4 is 38.3 Å². The average Bonchev–Trinajstić information content (AvgIpc) is 3.81. The van der Waals surface area contributed by atoms with Gasteiger partial charge in [-0.3, -0.25) is 0 Å². The Morgan fingerprint density at radius 1 is 0.444 bits per heavy atom. The van der Waals surface area contributed by atoms with Crippen LogP contribution < -0.4 is 4.74 Å². The third kappa shape index (κ3) is 5.13. The standard InChI is InChI=1S/C49H31N3O2/c1-2-9-30(10-3-1)32-17-20-33(21-18-32)47-50-48(37-22-19-31-11-4-5-12-34(31)27-37)52-49(51-47)41-14-8-16-43-46(41)40-26-24-36(29-45(40)54-43)35-23-25-39-38-13-6-7-15-42(38)53-44(39)28-35/h1-29,43,46H. The maximum absolute atomic E-state index is 6.67. The molecule has 11 rings (SSSR count). The topological polar surface area (TPSA) is 61.0 Å². The molecule has 0 spiro atoms. The van der Waals surface area contributed by atoms with E-state index < -0.39 is 0 Å². The second-order valence-corrected chi connectivity index (χ2v) is 13.9. The van der Waals surface area contributed by atoms with Crippen LogP contribution in [0, 0.1) is 0 Å². The second kappa shape index (κ2) is 12.2. The normalized spacial score (nSPS) is 16.0. The fraction of sp³-hybridized carbons (Fsp3) is 0.0408. The van der Waals surface area contributed by atoms with Crippen molar-refractivity contribution in [2.45, 2.75) is 12.0 Å². The summed E-state index contributed by atoms with van der Waals surface area (Å²) in [5, 5.41) is 4.55. The molecule has 0 saturated carbocycles. The van der Waals surface area contributed by atoms with E-state index in [0.717, 1.165) is 72.0 Å². The van der Waals surface area contributed by atoms with Gasteiger partial charge in [-0.1, -0.05) is 140 Å². The Bertz CT molecular complexity index is 2980. The zero-order chi connectivity index (χ0) is 35.6. The van der Waals surface area contributed by atoms with E-state index in [0.29, 0.717) is 17.5 Å². The van der Waals surface area contributed by atoms with Crippen LogP contribution in [0.15, 0.2) is 180 Å². The first-order chi connectivity index (χ1) is 26.7. The van der Waals surface area contributed by atoms with Crippen molar-refractivity contribution < 1.29 is 9.15 Å². The van der Waals surface area contributed by atoms with E-state index in [9.17, 15) is 0 Å². The van der Waals surface area contributed by atoms with Crippen molar-refractivity contribution in [3.63, 3.8) is 0 Å². The van der Waals surface area contributed by atoms with E-state index in [4.69, 9.17) is 24.1 Å². The molecule has 5 heteroatoms. The number of para-hydroxylation sites is 1. The molecule has 0 fully saturated rings. The van der Waals surface area contributed by atoms with Gasteiger partial charge < -0.3 is 9.15 Å². The second-order valence-electron chi connectivity index (χ2n) is 13.9. The molecule has 2 aromatic heterocycles. The number of aromatic nitrogens is 3. The van der Waals surface area contributed by atoms with Gasteiger partial charge in [-0.2, -0.15) is 0 Å². The van der Waals surface area contributed by atoms with Crippen molar-refractivity contribution in [3.05, 3.63) is 187 Å². The summed E-state index contributed by atoms with van der Waals surface area (Å²) < 4.78 is 12.9. The predicted molar refractivity (Wildman–Crippen MR) is 217 cm³/mol. The van der Waals surface area contributed by atoms with E-state index in [1.807, 2.05) is 24.3 Å². The molecule has 7 aromatic carbocycles. The third-order valence-electron chi connectivity index (χ3n) is 10.7. The lowest BCUT2D eigenvalue weighted by atomic mass is 9.83. The molecule has 3 heterocycles. The van der Waals surface area contributed by atoms with Crippen molar-refractivity contribution in [2.75, 3.05) is 0 Å². The molecule has 1 aliphatic carbocycles. The highest BCUT2D eigenvalue weighted by Crippen LogP contribution is 2.49. The van der Waals surface area contributed by atoms with Gasteiger partial charge in [0, 0.05) is 33.0 Å². The number of fused-ring (bicyclic) bond motifs is 7. The average molecular weight is 694 g/mol. The van der Waals surface area contributed by atoms with E-state index in [1.165, 1.54) is 10.9 Å². The largest absolute Gasteiger partial charge is 0.485 e. The van der Waals surface area contributed by atoms with Gasteiger partial charge in [0.15, 0.2) is 17.5 Å². The lowest BCUT2D eigenvalue weighted by molar-refractivity contribution is 0.271. The summed E-state index contributed by atoms with van der Waals surface area (Å²) in [5.74, 6) is 2.70. The maximum Gasteiger partial charge on any atom is 0.164 e. The molecular formula is C49H31N3O2. The number of hydrogen-bond acceptors (Lipinski definition) is 5. The summed E-state index contributed by atoms with van der Waals surface area (Å²) in [7, 11) is 0. The van der Waals surface area contributed by atoms with Gasteiger partial charge in [-0.05, 0) is 69.4 Å². The number of benzene rings is 7. The maximum atomic E-state index is 6.67. The smallest absolute Gasteiger partial charge is 0.164 e. The van der Waals surface area contributed by atoms with Gasteiger partial charge in [-0.25, -0.2) is 15.0 Å². The first-order valence-electron chi connectivity index (χ1n) is 18.2. The predicted octanol–water partition coefficient (Wildman–Crippen LogP) is 12.1. The summed E-state index contributed by atoms with van der Waals surface area (Å²) in [6.45, 7) is 0. The molecule has 54 heavy (non-hydrogen) atoms. The van der Waals surface area contributed by atoms with Crippen molar-refractivity contribution in [1.29, 1.82) is 0 Å². The number of ether oxygens (including phenoxy) is 1. The van der Waals surface area contributed by atoms with Crippen LogP contribution in [-0.2, 0) is 0 Å². The molecule has 2 aliphatic rings. The quantitative estimate of drug-likeness (QED) is 0.180. The molecular weight excluding hydrogens is 663 g/mol. The van der Waals surface area contributed by atoms with Gasteiger partial charge in [0.1, 0.15) is 23.0 Å². The van der Waals surface area contributed by atoms with Gasteiger partial charge in [0.25, 0.3) is 0 Å². The lowest BCUT2D eigenvalue weighted by Gasteiger charge is -2.22. The third-order valence-corrected chi connectivity index (χ3v) is 10.7. The zero-order valence-electron chi connectivity index (χ0n) is 29.1. The summed E-state index contributed by atoms with van der Waals surface area (Å²) in [4.78, 5) is 15.4. The molecule has 254 valence electrons. The minimum atomic E-state index is -0.178. The summed E-state index contributed by atoms with van der Waals surface area (Å²) in [5.41, 5.74) is 10.2. The van der Waals surface area contributed by atoms with Crippen LogP contribution in [0.25, 0.3) is 83.3 Å². The highest BCUT2D eigenvalue weighted by atomic mass is 16.5. The van der Waals surface area contributed by atoms with Gasteiger partial charge in [0.2, 0.25) is 0 Å². The van der Waals surface area contributed by atoms with Gasteiger partial charge in [-0.15, -0.1) is 0 Å². The highest BCUT2D eigenvalue weighted by molar-refractivity contribution is 6.06. The number of furan rings is 1. The molecule has 1 aliphatic heterocycles. The molecule has 0 N–H and O–H groups in total. The van der Waals surface area contributed by atoms with Crippen LogP contribution in [0.4, 0.5) is 0 Å². The summed E-state index contributed by atoms with van der Waals surface area (Å²) >= 11 is 0. The Labute approximate surface area is 311 Å².